The Morgan fingerprint density at radius 1 is 1.17 bits per heavy atom. The second-order valence-electron chi connectivity index (χ2n) is 6.32. The zero-order valence-corrected chi connectivity index (χ0v) is 14.4. The molecule has 0 spiro atoms. The average Bonchev–Trinajstić information content (AvgIpc) is 2.29. The highest BCUT2D eigenvalue weighted by molar-refractivity contribution is 14.1. The number of hydrogen-bond donors (Lipinski definition) is 1. The van der Waals surface area contributed by atoms with Crippen LogP contribution in [0.4, 0.5) is 0 Å². The third kappa shape index (κ3) is 5.27. The van der Waals surface area contributed by atoms with Gasteiger partial charge in [0.1, 0.15) is 0 Å². The molecule has 0 aliphatic heterocycles. The van der Waals surface area contributed by atoms with Crippen LogP contribution in [0.2, 0.25) is 0 Å². The van der Waals surface area contributed by atoms with Crippen LogP contribution in [0.1, 0.15) is 39.7 Å². The molecule has 0 heterocycles. The van der Waals surface area contributed by atoms with Crippen LogP contribution in [-0.2, 0) is 6.42 Å². The van der Waals surface area contributed by atoms with E-state index in [4.69, 9.17) is 0 Å². The van der Waals surface area contributed by atoms with E-state index in [0.717, 1.165) is 12.3 Å². The summed E-state index contributed by atoms with van der Waals surface area (Å²) in [5, 5.41) is 3.47. The van der Waals surface area contributed by atoms with Crippen molar-refractivity contribution in [3.63, 3.8) is 0 Å². The second kappa shape index (κ2) is 6.90. The van der Waals surface area contributed by atoms with Gasteiger partial charge in [0.15, 0.2) is 0 Å². The van der Waals surface area contributed by atoms with Gasteiger partial charge in [0.2, 0.25) is 0 Å². The summed E-state index contributed by atoms with van der Waals surface area (Å²) in [7, 11) is 2.08. The predicted molar refractivity (Wildman–Crippen MR) is 88.9 cm³/mol. The summed E-state index contributed by atoms with van der Waals surface area (Å²) < 4.78 is 1.31. The van der Waals surface area contributed by atoms with Crippen LogP contribution in [-0.4, -0.2) is 13.1 Å². The fraction of sp³-hybridized carbons (Fsp3) is 0.625. The molecule has 1 N–H and O–H groups in total. The van der Waals surface area contributed by atoms with Crippen molar-refractivity contribution >= 4 is 22.6 Å². The molecule has 0 bridgehead atoms. The second-order valence-corrected chi connectivity index (χ2v) is 7.56. The smallest absolute Gasteiger partial charge is 0.0130 e. The van der Waals surface area contributed by atoms with Crippen molar-refractivity contribution in [1.82, 2.24) is 5.32 Å². The zero-order valence-electron chi connectivity index (χ0n) is 12.3. The van der Waals surface area contributed by atoms with E-state index in [1.807, 2.05) is 0 Å². The summed E-state index contributed by atoms with van der Waals surface area (Å²) in [5.74, 6) is 0.721. The molecule has 0 amide bonds. The minimum atomic E-state index is 0.390. The summed E-state index contributed by atoms with van der Waals surface area (Å²) >= 11 is 2.35. The Morgan fingerprint density at radius 3 is 2.17 bits per heavy atom. The summed E-state index contributed by atoms with van der Waals surface area (Å²) in [5.41, 5.74) is 1.82. The van der Waals surface area contributed by atoms with E-state index >= 15 is 0 Å². The lowest BCUT2D eigenvalue weighted by Crippen LogP contribution is -2.33. The third-order valence-corrected chi connectivity index (χ3v) is 4.64. The lowest BCUT2D eigenvalue weighted by molar-refractivity contribution is 0.225. The Morgan fingerprint density at radius 2 is 1.72 bits per heavy atom. The van der Waals surface area contributed by atoms with Gasteiger partial charge in [-0.15, -0.1) is 0 Å². The molecule has 2 heteroatoms. The number of benzene rings is 1. The van der Waals surface area contributed by atoms with Gasteiger partial charge in [-0.05, 0) is 71.5 Å². The first-order valence-electron chi connectivity index (χ1n) is 6.74. The predicted octanol–water partition coefficient (Wildman–Crippen LogP) is 4.49. The largest absolute Gasteiger partial charge is 0.317 e. The molecule has 0 aliphatic carbocycles. The fourth-order valence-corrected chi connectivity index (χ4v) is 2.35. The number of nitrogens with one attached hydrogen (secondary N) is 1. The fourth-order valence-electron chi connectivity index (χ4n) is 1.99. The van der Waals surface area contributed by atoms with Crippen molar-refractivity contribution in [1.29, 1.82) is 0 Å². The molecular weight excluding hydrogens is 333 g/mol. The Kier molecular flexibility index (Phi) is 6.12. The molecule has 18 heavy (non-hydrogen) atoms. The SMILES string of the molecule is CNC(Cc1ccc(I)cc1)CC(C)C(C)(C)C. The van der Waals surface area contributed by atoms with Crippen LogP contribution in [0.15, 0.2) is 24.3 Å². The van der Waals surface area contributed by atoms with Gasteiger partial charge in [0.25, 0.3) is 0 Å². The number of halogens is 1. The van der Waals surface area contributed by atoms with Gasteiger partial charge in [-0.1, -0.05) is 39.8 Å². The summed E-state index contributed by atoms with van der Waals surface area (Å²) in [4.78, 5) is 0. The molecule has 0 fully saturated rings. The van der Waals surface area contributed by atoms with Crippen molar-refractivity contribution in [3.05, 3.63) is 33.4 Å². The molecular formula is C16H26IN. The van der Waals surface area contributed by atoms with Gasteiger partial charge in [-0.25, -0.2) is 0 Å². The summed E-state index contributed by atoms with van der Waals surface area (Å²) in [6, 6.07) is 9.44. The van der Waals surface area contributed by atoms with Crippen LogP contribution < -0.4 is 5.32 Å². The van der Waals surface area contributed by atoms with Crippen molar-refractivity contribution < 1.29 is 0 Å². The lowest BCUT2D eigenvalue weighted by atomic mass is 9.78. The minimum Gasteiger partial charge on any atom is -0.317 e. The van der Waals surface area contributed by atoms with Gasteiger partial charge in [0.05, 0.1) is 0 Å². The highest BCUT2D eigenvalue weighted by Gasteiger charge is 2.23. The van der Waals surface area contributed by atoms with E-state index in [0.29, 0.717) is 11.5 Å². The van der Waals surface area contributed by atoms with Crippen LogP contribution in [0.25, 0.3) is 0 Å². The molecule has 0 radical (unpaired) electrons. The molecule has 2 atom stereocenters. The van der Waals surface area contributed by atoms with Gasteiger partial charge < -0.3 is 5.32 Å². The van der Waals surface area contributed by atoms with Crippen LogP contribution in [0.5, 0.6) is 0 Å². The van der Waals surface area contributed by atoms with Crippen molar-refractivity contribution in [2.75, 3.05) is 7.05 Å². The van der Waals surface area contributed by atoms with Crippen molar-refractivity contribution in [3.8, 4) is 0 Å². The Bertz CT molecular complexity index is 350. The van der Waals surface area contributed by atoms with Gasteiger partial charge in [-0.2, -0.15) is 0 Å². The topological polar surface area (TPSA) is 12.0 Å². The average molecular weight is 359 g/mol. The minimum absolute atomic E-state index is 0.390. The zero-order chi connectivity index (χ0) is 13.8. The standard InChI is InChI=1S/C16H26IN/c1-12(16(2,3)4)10-15(18-5)11-13-6-8-14(17)9-7-13/h6-9,12,15,18H,10-11H2,1-5H3. The third-order valence-electron chi connectivity index (χ3n) is 3.92. The number of hydrogen-bond acceptors (Lipinski definition) is 1. The van der Waals surface area contributed by atoms with Crippen LogP contribution >= 0.6 is 22.6 Å². The molecule has 1 aromatic rings. The van der Waals surface area contributed by atoms with Gasteiger partial charge >= 0.3 is 0 Å². The van der Waals surface area contributed by atoms with Gasteiger partial charge in [0, 0.05) is 9.61 Å². The normalized spacial score (nSPS) is 15.4. The highest BCUT2D eigenvalue weighted by Crippen LogP contribution is 2.29. The maximum atomic E-state index is 3.47. The number of likely N-dealkylation sites (N-methyl/N-ethyl adjacent to an activating group) is 1. The first-order chi connectivity index (χ1) is 8.32. The van der Waals surface area contributed by atoms with Crippen molar-refractivity contribution in [2.24, 2.45) is 11.3 Å². The van der Waals surface area contributed by atoms with E-state index in [1.54, 1.807) is 0 Å². The maximum Gasteiger partial charge on any atom is 0.0130 e. The quantitative estimate of drug-likeness (QED) is 0.764. The molecule has 1 aromatic carbocycles. The molecule has 1 nitrogen and oxygen atoms in total. The van der Waals surface area contributed by atoms with Crippen LogP contribution in [0.3, 0.4) is 0 Å². The molecule has 102 valence electrons. The summed E-state index contributed by atoms with van der Waals surface area (Å²) in [6.45, 7) is 9.35. The summed E-state index contributed by atoms with van der Waals surface area (Å²) in [6.07, 6.45) is 2.35. The highest BCUT2D eigenvalue weighted by atomic mass is 127. The van der Waals surface area contributed by atoms with Crippen molar-refractivity contribution in [2.45, 2.75) is 46.6 Å². The Hall–Kier alpha value is -0.0900. The lowest BCUT2D eigenvalue weighted by Gasteiger charge is -2.30. The molecule has 1 rings (SSSR count). The Balaban J connectivity index is 2.59. The van der Waals surface area contributed by atoms with Crippen LogP contribution in [0, 0.1) is 14.9 Å². The molecule has 0 aliphatic rings. The molecule has 0 saturated carbocycles. The number of rotatable bonds is 5. The van der Waals surface area contributed by atoms with E-state index in [1.165, 1.54) is 15.6 Å². The van der Waals surface area contributed by atoms with E-state index in [9.17, 15) is 0 Å². The van der Waals surface area contributed by atoms with E-state index in [2.05, 4.69) is 86.9 Å². The molecule has 2 unspecified atom stereocenters. The van der Waals surface area contributed by atoms with Gasteiger partial charge in [-0.3, -0.25) is 0 Å². The van der Waals surface area contributed by atoms with E-state index in [-0.39, 0.29) is 0 Å². The monoisotopic (exact) mass is 359 g/mol. The molecule has 0 aromatic heterocycles. The maximum absolute atomic E-state index is 3.47. The first-order valence-corrected chi connectivity index (χ1v) is 7.82. The Labute approximate surface area is 126 Å². The first kappa shape index (κ1) is 16.0. The molecule has 0 saturated heterocycles. The van der Waals surface area contributed by atoms with E-state index < -0.39 is 0 Å².